The van der Waals surface area contributed by atoms with Gasteiger partial charge in [-0.15, -0.1) is 0 Å². The van der Waals surface area contributed by atoms with Gasteiger partial charge in [-0.05, 0) is 19.8 Å². The number of aromatic nitrogens is 2. The molecular weight excluding hydrogens is 249 g/mol. The van der Waals surface area contributed by atoms with E-state index in [1.54, 1.807) is 11.7 Å². The Balaban J connectivity index is 2.36. The lowest BCUT2D eigenvalue weighted by Gasteiger charge is -2.28. The minimum absolute atomic E-state index is 0.172. The minimum Gasteiger partial charge on any atom is -0.394 e. The van der Waals surface area contributed by atoms with Gasteiger partial charge in [-0.3, -0.25) is 9.48 Å². The summed E-state index contributed by atoms with van der Waals surface area (Å²) in [7, 11) is 1.80. The van der Waals surface area contributed by atoms with Crippen molar-refractivity contribution in [2.75, 3.05) is 6.61 Å². The number of likely N-dealkylation sites (tertiary alicyclic amines) is 1. The second-order valence-electron chi connectivity index (χ2n) is 4.89. The SMILES string of the molecule is C=C(F)C(=O)N1C(c2cn(C)nc2C)CC[C@@H]1CO. The zero-order valence-corrected chi connectivity index (χ0v) is 11.1. The van der Waals surface area contributed by atoms with E-state index in [1.807, 2.05) is 13.1 Å². The maximum atomic E-state index is 13.2. The summed E-state index contributed by atoms with van der Waals surface area (Å²) in [6, 6.07) is -0.601. The summed E-state index contributed by atoms with van der Waals surface area (Å²) in [6.45, 7) is 4.75. The van der Waals surface area contributed by atoms with Gasteiger partial charge < -0.3 is 10.0 Å². The molecule has 6 heteroatoms. The zero-order valence-electron chi connectivity index (χ0n) is 11.1. The van der Waals surface area contributed by atoms with Gasteiger partial charge in [0.05, 0.1) is 24.4 Å². The molecular formula is C13H18FN3O2. The third-order valence-electron chi connectivity index (χ3n) is 3.59. The Hall–Kier alpha value is -1.69. The molecule has 2 heterocycles. The maximum absolute atomic E-state index is 13.2. The van der Waals surface area contributed by atoms with Crippen LogP contribution in [0.1, 0.15) is 30.1 Å². The number of aryl methyl sites for hydroxylation is 2. The monoisotopic (exact) mass is 267 g/mol. The first kappa shape index (κ1) is 13.7. The van der Waals surface area contributed by atoms with Crippen molar-refractivity contribution in [1.29, 1.82) is 0 Å². The number of hydrogen-bond donors (Lipinski definition) is 1. The fourth-order valence-electron chi connectivity index (χ4n) is 2.76. The average Bonchev–Trinajstić information content (AvgIpc) is 2.90. The van der Waals surface area contributed by atoms with Gasteiger partial charge in [0.2, 0.25) is 0 Å². The van der Waals surface area contributed by atoms with Crippen LogP contribution in [0.15, 0.2) is 18.6 Å². The fraction of sp³-hybridized carbons (Fsp3) is 0.538. The van der Waals surface area contributed by atoms with Crippen LogP contribution in [0.2, 0.25) is 0 Å². The second kappa shape index (κ2) is 5.13. The van der Waals surface area contributed by atoms with Crippen LogP contribution in [0, 0.1) is 6.92 Å². The molecule has 1 fully saturated rings. The number of carbonyl (C=O) groups is 1. The molecule has 1 aliphatic rings. The standard InChI is InChI=1S/C13H18FN3O2/c1-8(14)13(19)17-10(7-18)4-5-12(17)11-6-16(3)15-9(11)2/h6,10,12,18H,1,4-5,7H2,2-3H3/t10-,12?/m1/s1. The van der Waals surface area contributed by atoms with E-state index in [9.17, 15) is 14.3 Å². The molecule has 1 unspecified atom stereocenters. The quantitative estimate of drug-likeness (QED) is 0.838. The molecule has 2 rings (SSSR count). The van der Waals surface area contributed by atoms with Gasteiger partial charge in [-0.25, -0.2) is 4.39 Å². The van der Waals surface area contributed by atoms with Crippen molar-refractivity contribution >= 4 is 5.91 Å². The molecule has 1 aromatic rings. The molecule has 19 heavy (non-hydrogen) atoms. The highest BCUT2D eigenvalue weighted by atomic mass is 19.1. The zero-order chi connectivity index (χ0) is 14.2. The van der Waals surface area contributed by atoms with E-state index >= 15 is 0 Å². The van der Waals surface area contributed by atoms with E-state index in [-0.39, 0.29) is 18.7 Å². The van der Waals surface area contributed by atoms with Gasteiger partial charge in [-0.2, -0.15) is 5.10 Å². The highest BCUT2D eigenvalue weighted by Gasteiger charge is 2.39. The summed E-state index contributed by atoms with van der Waals surface area (Å²) in [5.74, 6) is -1.74. The number of carbonyl (C=O) groups excluding carboxylic acids is 1. The molecule has 0 radical (unpaired) electrons. The summed E-state index contributed by atoms with van der Waals surface area (Å²) in [5, 5.41) is 13.6. The number of aliphatic hydroxyl groups excluding tert-OH is 1. The minimum atomic E-state index is -0.994. The number of hydrogen-bond acceptors (Lipinski definition) is 3. The third kappa shape index (κ3) is 2.40. The molecule has 0 saturated carbocycles. The van der Waals surface area contributed by atoms with Gasteiger partial charge in [-0.1, -0.05) is 6.58 Å². The van der Waals surface area contributed by atoms with E-state index in [4.69, 9.17) is 0 Å². The van der Waals surface area contributed by atoms with Gasteiger partial charge in [0, 0.05) is 18.8 Å². The second-order valence-corrected chi connectivity index (χ2v) is 4.89. The van der Waals surface area contributed by atoms with Gasteiger partial charge in [0.15, 0.2) is 5.83 Å². The van der Waals surface area contributed by atoms with Crippen LogP contribution in [0.3, 0.4) is 0 Å². The summed E-state index contributed by atoms with van der Waals surface area (Å²) in [4.78, 5) is 13.3. The first-order valence-electron chi connectivity index (χ1n) is 6.23. The van der Waals surface area contributed by atoms with Gasteiger partial charge >= 0.3 is 0 Å². The Morgan fingerprint density at radius 2 is 2.32 bits per heavy atom. The molecule has 104 valence electrons. The predicted molar refractivity (Wildman–Crippen MR) is 67.9 cm³/mol. The number of aliphatic hydroxyl groups is 1. The molecule has 1 amide bonds. The van der Waals surface area contributed by atoms with Crippen LogP contribution in [-0.2, 0) is 11.8 Å². The van der Waals surface area contributed by atoms with E-state index < -0.39 is 11.7 Å². The maximum Gasteiger partial charge on any atom is 0.282 e. The van der Waals surface area contributed by atoms with Crippen molar-refractivity contribution in [3.8, 4) is 0 Å². The fourth-order valence-corrected chi connectivity index (χ4v) is 2.76. The highest BCUT2D eigenvalue weighted by Crippen LogP contribution is 2.38. The van der Waals surface area contributed by atoms with Crippen LogP contribution in [-0.4, -0.2) is 38.3 Å². The predicted octanol–water partition coefficient (Wildman–Crippen LogP) is 1.24. The summed E-state index contributed by atoms with van der Waals surface area (Å²) < 4.78 is 14.8. The molecule has 0 spiro atoms. The van der Waals surface area contributed by atoms with Crippen LogP contribution in [0.4, 0.5) is 4.39 Å². The number of amides is 1. The van der Waals surface area contributed by atoms with Gasteiger partial charge in [0.1, 0.15) is 0 Å². The van der Waals surface area contributed by atoms with E-state index in [0.717, 1.165) is 11.3 Å². The lowest BCUT2D eigenvalue weighted by Crippen LogP contribution is -2.39. The van der Waals surface area contributed by atoms with Crippen LogP contribution in [0.5, 0.6) is 0 Å². The molecule has 5 nitrogen and oxygen atoms in total. The first-order valence-corrected chi connectivity index (χ1v) is 6.23. The summed E-state index contributed by atoms with van der Waals surface area (Å²) in [6.07, 6.45) is 3.17. The smallest absolute Gasteiger partial charge is 0.282 e. The molecule has 1 aromatic heterocycles. The number of rotatable bonds is 3. The Morgan fingerprint density at radius 1 is 1.63 bits per heavy atom. The van der Waals surface area contributed by atoms with Crippen molar-refractivity contribution in [1.82, 2.24) is 14.7 Å². The Morgan fingerprint density at radius 3 is 2.79 bits per heavy atom. The largest absolute Gasteiger partial charge is 0.394 e. The topological polar surface area (TPSA) is 58.4 Å². The molecule has 0 aliphatic carbocycles. The molecule has 2 atom stereocenters. The highest BCUT2D eigenvalue weighted by molar-refractivity contribution is 5.91. The number of halogens is 1. The average molecular weight is 267 g/mol. The Kier molecular flexibility index (Phi) is 3.71. The van der Waals surface area contributed by atoms with Crippen LogP contribution >= 0.6 is 0 Å². The summed E-state index contributed by atoms with van der Waals surface area (Å²) >= 11 is 0. The van der Waals surface area contributed by atoms with E-state index in [0.29, 0.717) is 12.8 Å². The van der Waals surface area contributed by atoms with E-state index in [2.05, 4.69) is 11.7 Å². The van der Waals surface area contributed by atoms with Crippen molar-refractivity contribution in [2.24, 2.45) is 7.05 Å². The third-order valence-corrected chi connectivity index (χ3v) is 3.59. The Labute approximate surface area is 111 Å². The molecule has 1 aliphatic heterocycles. The van der Waals surface area contributed by atoms with Crippen molar-refractivity contribution in [2.45, 2.75) is 31.8 Å². The van der Waals surface area contributed by atoms with Crippen molar-refractivity contribution in [3.63, 3.8) is 0 Å². The van der Waals surface area contributed by atoms with Gasteiger partial charge in [0.25, 0.3) is 5.91 Å². The lowest BCUT2D eigenvalue weighted by molar-refractivity contribution is -0.132. The molecule has 0 bridgehead atoms. The molecule has 1 saturated heterocycles. The summed E-state index contributed by atoms with van der Waals surface area (Å²) in [5.41, 5.74) is 1.71. The van der Waals surface area contributed by atoms with Crippen LogP contribution < -0.4 is 0 Å². The van der Waals surface area contributed by atoms with Crippen molar-refractivity contribution in [3.05, 3.63) is 29.9 Å². The van der Waals surface area contributed by atoms with Crippen LogP contribution in [0.25, 0.3) is 0 Å². The number of nitrogens with zero attached hydrogens (tertiary/aromatic N) is 3. The Bertz CT molecular complexity index is 512. The van der Waals surface area contributed by atoms with Crippen molar-refractivity contribution < 1.29 is 14.3 Å². The molecule has 1 N–H and O–H groups in total. The van der Waals surface area contributed by atoms with E-state index in [1.165, 1.54) is 4.90 Å². The lowest BCUT2D eigenvalue weighted by atomic mass is 10.1. The molecule has 0 aromatic carbocycles. The normalized spacial score (nSPS) is 22.8. The first-order chi connectivity index (χ1) is 8.95.